The number of aliphatic hydroxyl groups is 1. The monoisotopic (exact) mass is 253 g/mol. The molecule has 106 valence electrons. The van der Waals surface area contributed by atoms with E-state index in [0.29, 0.717) is 12.1 Å². The van der Waals surface area contributed by atoms with E-state index in [-0.39, 0.29) is 6.10 Å². The van der Waals surface area contributed by atoms with Gasteiger partial charge in [-0.15, -0.1) is 0 Å². The number of likely N-dealkylation sites (N-methyl/N-ethyl adjacent to an activating group) is 1. The summed E-state index contributed by atoms with van der Waals surface area (Å²) >= 11 is 0. The molecule has 5 unspecified atom stereocenters. The predicted octanol–water partition coefficient (Wildman–Crippen LogP) is 3.44. The molecule has 0 bridgehead atoms. The van der Waals surface area contributed by atoms with Gasteiger partial charge in [0, 0.05) is 12.1 Å². The van der Waals surface area contributed by atoms with Crippen LogP contribution < -0.4 is 0 Å². The van der Waals surface area contributed by atoms with Crippen LogP contribution in [0, 0.1) is 11.8 Å². The molecular formula is C16H31NO. The highest BCUT2D eigenvalue weighted by Gasteiger charge is 2.36. The summed E-state index contributed by atoms with van der Waals surface area (Å²) < 4.78 is 0. The van der Waals surface area contributed by atoms with Gasteiger partial charge in [-0.3, -0.25) is 4.90 Å². The van der Waals surface area contributed by atoms with Crippen LogP contribution in [0.4, 0.5) is 0 Å². The van der Waals surface area contributed by atoms with Crippen molar-refractivity contribution in [2.75, 3.05) is 7.05 Å². The zero-order chi connectivity index (χ0) is 13.1. The Bertz CT molecular complexity index is 255. The van der Waals surface area contributed by atoms with Gasteiger partial charge in [-0.2, -0.15) is 0 Å². The van der Waals surface area contributed by atoms with E-state index in [1.165, 1.54) is 44.9 Å². The molecule has 2 saturated carbocycles. The Kier molecular flexibility index (Phi) is 5.08. The summed E-state index contributed by atoms with van der Waals surface area (Å²) in [4.78, 5) is 2.54. The second-order valence-electron chi connectivity index (χ2n) is 6.72. The van der Waals surface area contributed by atoms with Crippen molar-refractivity contribution in [1.29, 1.82) is 0 Å². The zero-order valence-electron chi connectivity index (χ0n) is 12.4. The first-order valence-corrected chi connectivity index (χ1v) is 8.03. The normalized spacial score (nSPS) is 42.2. The van der Waals surface area contributed by atoms with Crippen molar-refractivity contribution >= 4 is 0 Å². The molecule has 2 fully saturated rings. The van der Waals surface area contributed by atoms with Gasteiger partial charge in [0.15, 0.2) is 0 Å². The maximum atomic E-state index is 10.3. The first-order valence-electron chi connectivity index (χ1n) is 8.03. The summed E-state index contributed by atoms with van der Waals surface area (Å²) in [5.74, 6) is 1.64. The van der Waals surface area contributed by atoms with Gasteiger partial charge in [-0.05, 0) is 51.0 Å². The van der Waals surface area contributed by atoms with Crippen LogP contribution in [0.1, 0.15) is 65.2 Å². The maximum Gasteiger partial charge on any atom is 0.0695 e. The van der Waals surface area contributed by atoms with E-state index >= 15 is 0 Å². The Labute approximate surface area is 113 Å². The van der Waals surface area contributed by atoms with Crippen LogP contribution in [0.3, 0.4) is 0 Å². The second kappa shape index (κ2) is 6.38. The number of aliphatic hydroxyl groups excluding tert-OH is 1. The van der Waals surface area contributed by atoms with E-state index in [9.17, 15) is 5.11 Å². The van der Waals surface area contributed by atoms with Crippen molar-refractivity contribution in [1.82, 2.24) is 4.90 Å². The SMILES string of the molecule is CCC1CCC(O)C(N(C)C2CCCCC2C)C1. The van der Waals surface area contributed by atoms with Crippen molar-refractivity contribution in [3.8, 4) is 0 Å². The lowest BCUT2D eigenvalue weighted by molar-refractivity contribution is -0.0213. The quantitative estimate of drug-likeness (QED) is 0.833. The Morgan fingerprint density at radius 2 is 1.78 bits per heavy atom. The van der Waals surface area contributed by atoms with Crippen molar-refractivity contribution < 1.29 is 5.11 Å². The number of hydrogen-bond acceptors (Lipinski definition) is 2. The summed E-state index contributed by atoms with van der Waals surface area (Å²) in [5, 5.41) is 10.3. The first kappa shape index (κ1) is 14.3. The highest BCUT2D eigenvalue weighted by Crippen LogP contribution is 2.34. The fourth-order valence-electron chi connectivity index (χ4n) is 4.17. The van der Waals surface area contributed by atoms with Crippen LogP contribution in [-0.4, -0.2) is 35.2 Å². The molecule has 0 spiro atoms. The molecule has 0 amide bonds. The highest BCUT2D eigenvalue weighted by molar-refractivity contribution is 4.90. The molecule has 1 N–H and O–H groups in total. The summed E-state index contributed by atoms with van der Waals surface area (Å²) in [6.07, 6.45) is 10.1. The third-order valence-corrected chi connectivity index (χ3v) is 5.58. The first-order chi connectivity index (χ1) is 8.63. The third kappa shape index (κ3) is 3.08. The third-order valence-electron chi connectivity index (χ3n) is 5.58. The fourth-order valence-corrected chi connectivity index (χ4v) is 4.17. The highest BCUT2D eigenvalue weighted by atomic mass is 16.3. The minimum Gasteiger partial charge on any atom is -0.391 e. The van der Waals surface area contributed by atoms with Gasteiger partial charge < -0.3 is 5.11 Å². The molecule has 2 aliphatic carbocycles. The standard InChI is InChI=1S/C16H31NO/c1-4-13-9-10-16(18)15(11-13)17(3)14-8-6-5-7-12(14)2/h12-16,18H,4-11H2,1-3H3. The minimum absolute atomic E-state index is 0.0908. The van der Waals surface area contributed by atoms with E-state index < -0.39 is 0 Å². The molecule has 0 radical (unpaired) electrons. The summed E-state index contributed by atoms with van der Waals surface area (Å²) in [7, 11) is 2.26. The summed E-state index contributed by atoms with van der Waals surface area (Å²) in [6, 6.07) is 1.11. The molecule has 2 heteroatoms. The van der Waals surface area contributed by atoms with Gasteiger partial charge in [-0.1, -0.05) is 33.1 Å². The smallest absolute Gasteiger partial charge is 0.0695 e. The Hall–Kier alpha value is -0.0800. The van der Waals surface area contributed by atoms with Gasteiger partial charge in [0.1, 0.15) is 0 Å². The fraction of sp³-hybridized carbons (Fsp3) is 1.00. The Morgan fingerprint density at radius 3 is 2.44 bits per heavy atom. The molecule has 2 aliphatic rings. The van der Waals surface area contributed by atoms with Crippen molar-refractivity contribution in [2.45, 2.75) is 83.4 Å². The van der Waals surface area contributed by atoms with E-state index in [4.69, 9.17) is 0 Å². The molecule has 0 saturated heterocycles. The zero-order valence-corrected chi connectivity index (χ0v) is 12.4. The Balaban J connectivity index is 1.99. The van der Waals surface area contributed by atoms with E-state index in [0.717, 1.165) is 18.3 Å². The minimum atomic E-state index is -0.0908. The van der Waals surface area contributed by atoms with E-state index in [1.54, 1.807) is 0 Å². The summed E-state index contributed by atoms with van der Waals surface area (Å²) in [6.45, 7) is 4.69. The molecule has 0 heterocycles. The lowest BCUT2D eigenvalue weighted by Crippen LogP contribution is -2.52. The van der Waals surface area contributed by atoms with Crippen LogP contribution in [0.2, 0.25) is 0 Å². The van der Waals surface area contributed by atoms with Gasteiger partial charge in [0.05, 0.1) is 6.10 Å². The van der Waals surface area contributed by atoms with Crippen molar-refractivity contribution in [2.24, 2.45) is 11.8 Å². The van der Waals surface area contributed by atoms with Crippen molar-refractivity contribution in [3.63, 3.8) is 0 Å². The largest absolute Gasteiger partial charge is 0.391 e. The molecule has 18 heavy (non-hydrogen) atoms. The summed E-state index contributed by atoms with van der Waals surface area (Å²) in [5.41, 5.74) is 0. The second-order valence-corrected chi connectivity index (χ2v) is 6.72. The number of rotatable bonds is 3. The van der Waals surface area contributed by atoms with Crippen LogP contribution >= 0.6 is 0 Å². The number of hydrogen-bond donors (Lipinski definition) is 1. The van der Waals surface area contributed by atoms with Crippen molar-refractivity contribution in [3.05, 3.63) is 0 Å². The average Bonchev–Trinajstić information content (AvgIpc) is 2.39. The molecule has 5 atom stereocenters. The van der Waals surface area contributed by atoms with Gasteiger partial charge in [0.25, 0.3) is 0 Å². The lowest BCUT2D eigenvalue weighted by atomic mass is 9.79. The molecule has 0 aliphatic heterocycles. The molecule has 0 aromatic carbocycles. The van der Waals surface area contributed by atoms with Gasteiger partial charge in [-0.25, -0.2) is 0 Å². The molecule has 0 aromatic rings. The van der Waals surface area contributed by atoms with Gasteiger partial charge in [0.2, 0.25) is 0 Å². The number of nitrogens with zero attached hydrogens (tertiary/aromatic N) is 1. The molecule has 0 aromatic heterocycles. The van der Waals surface area contributed by atoms with Crippen LogP contribution in [0.5, 0.6) is 0 Å². The molecule has 2 nitrogen and oxygen atoms in total. The van der Waals surface area contributed by atoms with E-state index in [2.05, 4.69) is 25.8 Å². The van der Waals surface area contributed by atoms with Crippen LogP contribution in [0.25, 0.3) is 0 Å². The van der Waals surface area contributed by atoms with Gasteiger partial charge >= 0.3 is 0 Å². The maximum absolute atomic E-state index is 10.3. The van der Waals surface area contributed by atoms with Crippen LogP contribution in [0.15, 0.2) is 0 Å². The van der Waals surface area contributed by atoms with E-state index in [1.807, 2.05) is 0 Å². The average molecular weight is 253 g/mol. The molecular weight excluding hydrogens is 222 g/mol. The Morgan fingerprint density at radius 1 is 1.06 bits per heavy atom. The lowest BCUT2D eigenvalue weighted by Gasteiger charge is -2.45. The topological polar surface area (TPSA) is 23.5 Å². The molecule has 2 rings (SSSR count). The predicted molar refractivity (Wildman–Crippen MR) is 76.6 cm³/mol. The van der Waals surface area contributed by atoms with Crippen LogP contribution in [-0.2, 0) is 0 Å².